The predicted octanol–water partition coefficient (Wildman–Crippen LogP) is 1.05. The second-order valence-electron chi connectivity index (χ2n) is 6.95. The number of nitrogens with zero attached hydrogens (tertiary/aromatic N) is 1. The van der Waals surface area contributed by atoms with E-state index >= 15 is 0 Å². The zero-order chi connectivity index (χ0) is 17.1. The Balaban J connectivity index is 1.47. The quantitative estimate of drug-likeness (QED) is 0.754. The molecular formula is C18H26N4O2. The molecule has 3 rings (SSSR count). The zero-order valence-corrected chi connectivity index (χ0v) is 14.3. The Morgan fingerprint density at radius 2 is 1.88 bits per heavy atom. The van der Waals surface area contributed by atoms with Crippen LogP contribution in [0.5, 0.6) is 0 Å². The highest BCUT2D eigenvalue weighted by Gasteiger charge is 2.33. The first-order chi connectivity index (χ1) is 11.5. The molecule has 2 aliphatic heterocycles. The topological polar surface area (TPSA) is 73.5 Å². The second kappa shape index (κ2) is 7.32. The van der Waals surface area contributed by atoms with Gasteiger partial charge in [0, 0.05) is 55.5 Å². The maximum absolute atomic E-state index is 12.2. The molecule has 1 aromatic carbocycles. The Kier molecular flexibility index (Phi) is 5.16. The fourth-order valence-electron chi connectivity index (χ4n) is 3.58. The van der Waals surface area contributed by atoms with E-state index in [4.69, 9.17) is 0 Å². The highest BCUT2D eigenvalue weighted by atomic mass is 16.2. The SMILES string of the molecule is CC1NNC(C)C1CC(=O)NCC1CC(=O)N(c2ccccc2)C1. The molecule has 0 radical (unpaired) electrons. The van der Waals surface area contributed by atoms with Crippen LogP contribution in [0.2, 0.25) is 0 Å². The lowest BCUT2D eigenvalue weighted by atomic mass is 9.93. The van der Waals surface area contributed by atoms with Gasteiger partial charge in [-0.2, -0.15) is 0 Å². The van der Waals surface area contributed by atoms with Crippen molar-refractivity contribution in [1.82, 2.24) is 16.2 Å². The lowest BCUT2D eigenvalue weighted by molar-refractivity contribution is -0.122. The van der Waals surface area contributed by atoms with Crippen molar-refractivity contribution in [3.05, 3.63) is 30.3 Å². The van der Waals surface area contributed by atoms with Gasteiger partial charge in [-0.3, -0.25) is 20.4 Å². The van der Waals surface area contributed by atoms with E-state index in [1.54, 1.807) is 0 Å². The van der Waals surface area contributed by atoms with Gasteiger partial charge >= 0.3 is 0 Å². The van der Waals surface area contributed by atoms with Crippen LogP contribution >= 0.6 is 0 Å². The highest BCUT2D eigenvalue weighted by Crippen LogP contribution is 2.24. The molecule has 2 saturated heterocycles. The lowest BCUT2D eigenvalue weighted by Crippen LogP contribution is -2.35. The number of rotatable bonds is 5. The van der Waals surface area contributed by atoms with Crippen molar-refractivity contribution in [3.8, 4) is 0 Å². The molecule has 6 heteroatoms. The first-order valence-corrected chi connectivity index (χ1v) is 8.67. The Bertz CT molecular complexity index is 582. The summed E-state index contributed by atoms with van der Waals surface area (Å²) in [6.45, 7) is 5.40. The van der Waals surface area contributed by atoms with Crippen LogP contribution in [0.15, 0.2) is 30.3 Å². The number of benzene rings is 1. The van der Waals surface area contributed by atoms with Gasteiger partial charge in [0.15, 0.2) is 0 Å². The van der Waals surface area contributed by atoms with Crippen molar-refractivity contribution in [1.29, 1.82) is 0 Å². The molecule has 2 aliphatic rings. The van der Waals surface area contributed by atoms with Gasteiger partial charge in [0.05, 0.1) is 0 Å². The number of para-hydroxylation sites is 1. The van der Waals surface area contributed by atoms with Crippen molar-refractivity contribution in [3.63, 3.8) is 0 Å². The Labute approximate surface area is 143 Å². The van der Waals surface area contributed by atoms with E-state index in [0.29, 0.717) is 25.9 Å². The zero-order valence-electron chi connectivity index (χ0n) is 14.3. The lowest BCUT2D eigenvalue weighted by Gasteiger charge is -2.19. The summed E-state index contributed by atoms with van der Waals surface area (Å²) >= 11 is 0. The normalized spacial score (nSPS) is 29.9. The Morgan fingerprint density at radius 1 is 1.21 bits per heavy atom. The van der Waals surface area contributed by atoms with Crippen LogP contribution in [0.3, 0.4) is 0 Å². The van der Waals surface area contributed by atoms with Crippen LogP contribution in [0.4, 0.5) is 5.69 Å². The van der Waals surface area contributed by atoms with E-state index in [1.807, 2.05) is 35.2 Å². The van der Waals surface area contributed by atoms with Crippen molar-refractivity contribution in [2.45, 2.75) is 38.8 Å². The highest BCUT2D eigenvalue weighted by molar-refractivity contribution is 5.95. The summed E-state index contributed by atoms with van der Waals surface area (Å²) in [6.07, 6.45) is 1.000. The van der Waals surface area contributed by atoms with Gasteiger partial charge in [-0.15, -0.1) is 0 Å². The van der Waals surface area contributed by atoms with Crippen LogP contribution < -0.4 is 21.1 Å². The maximum Gasteiger partial charge on any atom is 0.227 e. The van der Waals surface area contributed by atoms with E-state index in [9.17, 15) is 9.59 Å². The summed E-state index contributed by atoms with van der Waals surface area (Å²) in [7, 11) is 0. The van der Waals surface area contributed by atoms with E-state index in [-0.39, 0.29) is 35.7 Å². The average molecular weight is 330 g/mol. The molecule has 3 unspecified atom stereocenters. The van der Waals surface area contributed by atoms with Crippen LogP contribution in [0, 0.1) is 11.8 Å². The molecule has 0 spiro atoms. The number of carbonyl (C=O) groups is 2. The van der Waals surface area contributed by atoms with Crippen LogP contribution in [-0.2, 0) is 9.59 Å². The first-order valence-electron chi connectivity index (χ1n) is 8.67. The summed E-state index contributed by atoms with van der Waals surface area (Å²) in [4.78, 5) is 26.2. The van der Waals surface area contributed by atoms with Crippen molar-refractivity contribution in [2.75, 3.05) is 18.0 Å². The number of carbonyl (C=O) groups excluding carboxylic acids is 2. The van der Waals surface area contributed by atoms with Gasteiger partial charge in [0.2, 0.25) is 11.8 Å². The van der Waals surface area contributed by atoms with Crippen LogP contribution in [-0.4, -0.2) is 37.0 Å². The van der Waals surface area contributed by atoms with Gasteiger partial charge in [-0.1, -0.05) is 18.2 Å². The molecule has 2 amide bonds. The maximum atomic E-state index is 12.2. The van der Waals surface area contributed by atoms with E-state index in [2.05, 4.69) is 30.0 Å². The Morgan fingerprint density at radius 3 is 2.54 bits per heavy atom. The van der Waals surface area contributed by atoms with Crippen molar-refractivity contribution >= 4 is 17.5 Å². The summed E-state index contributed by atoms with van der Waals surface area (Å²) < 4.78 is 0. The third kappa shape index (κ3) is 3.76. The smallest absolute Gasteiger partial charge is 0.227 e. The molecule has 0 saturated carbocycles. The van der Waals surface area contributed by atoms with E-state index < -0.39 is 0 Å². The second-order valence-corrected chi connectivity index (χ2v) is 6.95. The third-order valence-electron chi connectivity index (χ3n) is 5.11. The van der Waals surface area contributed by atoms with Gasteiger partial charge < -0.3 is 10.2 Å². The molecule has 2 fully saturated rings. The fraction of sp³-hybridized carbons (Fsp3) is 0.556. The Hall–Kier alpha value is -1.92. The molecule has 0 aliphatic carbocycles. The number of hydrogen-bond donors (Lipinski definition) is 3. The minimum Gasteiger partial charge on any atom is -0.356 e. The number of amides is 2. The standard InChI is InChI=1S/C18H26N4O2/c1-12-16(13(2)21-20-12)9-17(23)19-10-14-8-18(24)22(11-14)15-6-4-3-5-7-15/h3-7,12-14,16,20-21H,8-11H2,1-2H3,(H,19,23). The summed E-state index contributed by atoms with van der Waals surface area (Å²) in [5, 5.41) is 3.01. The summed E-state index contributed by atoms with van der Waals surface area (Å²) in [5.41, 5.74) is 7.27. The minimum absolute atomic E-state index is 0.0646. The molecule has 2 heterocycles. The van der Waals surface area contributed by atoms with E-state index in [1.165, 1.54) is 0 Å². The number of nitrogens with one attached hydrogen (secondary N) is 3. The third-order valence-corrected chi connectivity index (χ3v) is 5.11. The van der Waals surface area contributed by atoms with Crippen molar-refractivity contribution in [2.24, 2.45) is 11.8 Å². The number of hydrazine groups is 1. The average Bonchev–Trinajstić information content (AvgIpc) is 3.11. The molecule has 6 nitrogen and oxygen atoms in total. The molecule has 130 valence electrons. The van der Waals surface area contributed by atoms with Crippen LogP contribution in [0.1, 0.15) is 26.7 Å². The van der Waals surface area contributed by atoms with Gasteiger partial charge in [0.1, 0.15) is 0 Å². The van der Waals surface area contributed by atoms with Crippen molar-refractivity contribution < 1.29 is 9.59 Å². The van der Waals surface area contributed by atoms with Gasteiger partial charge in [0.25, 0.3) is 0 Å². The first kappa shape index (κ1) is 16.9. The molecule has 3 atom stereocenters. The molecule has 3 N–H and O–H groups in total. The number of hydrogen-bond acceptors (Lipinski definition) is 4. The monoisotopic (exact) mass is 330 g/mol. The molecular weight excluding hydrogens is 304 g/mol. The molecule has 0 aromatic heterocycles. The predicted molar refractivity (Wildman–Crippen MR) is 93.2 cm³/mol. The van der Waals surface area contributed by atoms with Crippen LogP contribution in [0.25, 0.3) is 0 Å². The van der Waals surface area contributed by atoms with Gasteiger partial charge in [-0.25, -0.2) is 0 Å². The molecule has 24 heavy (non-hydrogen) atoms. The summed E-state index contributed by atoms with van der Waals surface area (Å²) in [6, 6.07) is 10.3. The minimum atomic E-state index is 0.0646. The summed E-state index contributed by atoms with van der Waals surface area (Å²) in [5.74, 6) is 0.661. The molecule has 1 aromatic rings. The molecule has 0 bridgehead atoms. The largest absolute Gasteiger partial charge is 0.356 e. The van der Waals surface area contributed by atoms with Gasteiger partial charge in [-0.05, 0) is 26.0 Å². The fourth-order valence-corrected chi connectivity index (χ4v) is 3.58. The number of anilines is 1. The van der Waals surface area contributed by atoms with E-state index in [0.717, 1.165) is 5.69 Å².